The summed E-state index contributed by atoms with van der Waals surface area (Å²) < 4.78 is 0. The van der Waals surface area contributed by atoms with Crippen LogP contribution in [0.15, 0.2) is 48.7 Å². The Morgan fingerprint density at radius 2 is 2.00 bits per heavy atom. The Morgan fingerprint density at radius 1 is 1.19 bits per heavy atom. The Morgan fingerprint density at radius 3 is 2.69 bits per heavy atom. The fraction of sp³-hybridized carbons (Fsp3) is 0. The number of aromatic amines is 1. The van der Waals surface area contributed by atoms with Crippen LogP contribution < -0.4 is 0 Å². The summed E-state index contributed by atoms with van der Waals surface area (Å²) in [7, 11) is 0. The molecule has 1 aromatic carbocycles. The highest BCUT2D eigenvalue weighted by molar-refractivity contribution is 6.32. The molecule has 2 nitrogen and oxygen atoms in total. The normalized spacial score (nSPS) is 10.8. The molecule has 3 heteroatoms. The van der Waals surface area contributed by atoms with Gasteiger partial charge in [-0.15, -0.1) is 0 Å². The zero-order valence-electron chi connectivity index (χ0n) is 8.48. The maximum Gasteiger partial charge on any atom is 0.201 e. The summed E-state index contributed by atoms with van der Waals surface area (Å²) in [4.78, 5) is 14.5. The van der Waals surface area contributed by atoms with Gasteiger partial charge in [0, 0.05) is 11.2 Å². The van der Waals surface area contributed by atoms with E-state index in [1.54, 1.807) is 30.5 Å². The second-order valence-corrected chi connectivity index (χ2v) is 3.71. The third-order valence-corrected chi connectivity index (χ3v) is 2.53. The van der Waals surface area contributed by atoms with Gasteiger partial charge in [-0.05, 0) is 35.9 Å². The molecule has 0 bridgehead atoms. The van der Waals surface area contributed by atoms with E-state index in [1.165, 1.54) is 6.08 Å². The van der Waals surface area contributed by atoms with Gasteiger partial charge in [-0.25, -0.2) is 0 Å². The molecule has 0 saturated heterocycles. The molecular weight excluding hydrogens is 222 g/mol. The van der Waals surface area contributed by atoms with Crippen LogP contribution in [0.5, 0.6) is 0 Å². The Bertz CT molecular complexity index is 514. The van der Waals surface area contributed by atoms with E-state index < -0.39 is 0 Å². The van der Waals surface area contributed by atoms with Gasteiger partial charge in [0.25, 0.3) is 0 Å². The number of carbonyl (C=O) groups is 1. The lowest BCUT2D eigenvalue weighted by molar-refractivity contribution is 0.104. The molecular formula is C13H10ClNO. The Labute approximate surface area is 98.6 Å². The first-order valence-electron chi connectivity index (χ1n) is 4.88. The molecule has 0 amide bonds. The molecule has 2 aromatic rings. The number of ketones is 1. The van der Waals surface area contributed by atoms with Crippen molar-refractivity contribution in [2.75, 3.05) is 0 Å². The van der Waals surface area contributed by atoms with Crippen LogP contribution in [0.2, 0.25) is 5.02 Å². The van der Waals surface area contributed by atoms with Crippen LogP contribution in [0, 0.1) is 0 Å². The molecule has 0 aliphatic heterocycles. The van der Waals surface area contributed by atoms with Crippen molar-refractivity contribution >= 4 is 23.5 Å². The molecule has 0 aliphatic carbocycles. The number of allylic oxidation sites excluding steroid dienone is 1. The summed E-state index contributed by atoms with van der Waals surface area (Å²) in [6, 6.07) is 10.9. The summed E-state index contributed by atoms with van der Waals surface area (Å²) in [6.45, 7) is 0. The number of hydrogen-bond donors (Lipinski definition) is 1. The predicted molar refractivity (Wildman–Crippen MR) is 65.6 cm³/mol. The molecule has 0 atom stereocenters. The number of nitrogens with one attached hydrogen (secondary N) is 1. The molecule has 1 heterocycles. The van der Waals surface area contributed by atoms with E-state index in [1.807, 2.05) is 18.2 Å². The second kappa shape index (κ2) is 4.81. The van der Waals surface area contributed by atoms with Gasteiger partial charge in [0.05, 0.1) is 5.69 Å². The number of carbonyl (C=O) groups excluding carboxylic acids is 1. The number of halogens is 1. The van der Waals surface area contributed by atoms with Crippen LogP contribution in [-0.2, 0) is 0 Å². The highest BCUT2D eigenvalue weighted by Crippen LogP contribution is 2.16. The third kappa shape index (κ3) is 2.41. The number of aromatic nitrogens is 1. The van der Waals surface area contributed by atoms with Crippen molar-refractivity contribution in [3.63, 3.8) is 0 Å². The van der Waals surface area contributed by atoms with Crippen LogP contribution in [-0.4, -0.2) is 10.8 Å². The van der Waals surface area contributed by atoms with Crippen molar-refractivity contribution in [2.45, 2.75) is 0 Å². The predicted octanol–water partition coefficient (Wildman–Crippen LogP) is 3.56. The third-order valence-electron chi connectivity index (χ3n) is 2.18. The van der Waals surface area contributed by atoms with Gasteiger partial charge in [-0.1, -0.05) is 29.8 Å². The van der Waals surface area contributed by atoms with Gasteiger partial charge in [-0.2, -0.15) is 0 Å². The molecule has 0 unspecified atom stereocenters. The lowest BCUT2D eigenvalue weighted by Crippen LogP contribution is -1.93. The standard InChI is InChI=1S/C13H10ClNO/c14-11-5-2-1-4-10(11)7-8-13(16)12-6-3-9-15-12/h1-9,15H/b8-7+. The van der Waals surface area contributed by atoms with Gasteiger partial charge < -0.3 is 4.98 Å². The van der Waals surface area contributed by atoms with Crippen molar-refractivity contribution in [3.8, 4) is 0 Å². The van der Waals surface area contributed by atoms with E-state index in [4.69, 9.17) is 11.6 Å². The minimum absolute atomic E-state index is 0.0649. The van der Waals surface area contributed by atoms with Crippen molar-refractivity contribution in [3.05, 3.63) is 65.0 Å². The first kappa shape index (κ1) is 10.7. The number of hydrogen-bond acceptors (Lipinski definition) is 1. The minimum Gasteiger partial charge on any atom is -0.359 e. The molecule has 0 fully saturated rings. The Balaban J connectivity index is 2.16. The molecule has 0 saturated carbocycles. The molecule has 0 radical (unpaired) electrons. The quantitative estimate of drug-likeness (QED) is 0.636. The summed E-state index contributed by atoms with van der Waals surface area (Å²) in [5.41, 5.74) is 1.41. The Kier molecular flexibility index (Phi) is 3.22. The number of rotatable bonds is 3. The van der Waals surface area contributed by atoms with E-state index in [0.717, 1.165) is 5.56 Å². The van der Waals surface area contributed by atoms with Crippen LogP contribution in [0.1, 0.15) is 16.1 Å². The number of benzene rings is 1. The lowest BCUT2D eigenvalue weighted by atomic mass is 10.2. The van der Waals surface area contributed by atoms with Gasteiger partial charge in [0.2, 0.25) is 5.78 Å². The van der Waals surface area contributed by atoms with Crippen molar-refractivity contribution < 1.29 is 4.79 Å². The van der Waals surface area contributed by atoms with Gasteiger partial charge in [0.15, 0.2) is 0 Å². The maximum absolute atomic E-state index is 11.6. The van der Waals surface area contributed by atoms with E-state index >= 15 is 0 Å². The van der Waals surface area contributed by atoms with Crippen LogP contribution in [0.3, 0.4) is 0 Å². The first-order chi connectivity index (χ1) is 7.77. The van der Waals surface area contributed by atoms with Crippen molar-refractivity contribution in [2.24, 2.45) is 0 Å². The fourth-order valence-corrected chi connectivity index (χ4v) is 1.55. The van der Waals surface area contributed by atoms with E-state index in [-0.39, 0.29) is 5.78 Å². The van der Waals surface area contributed by atoms with E-state index in [2.05, 4.69) is 4.98 Å². The van der Waals surface area contributed by atoms with Crippen molar-refractivity contribution in [1.29, 1.82) is 0 Å². The molecule has 16 heavy (non-hydrogen) atoms. The lowest BCUT2D eigenvalue weighted by Gasteiger charge is -1.95. The molecule has 0 aliphatic rings. The van der Waals surface area contributed by atoms with E-state index in [0.29, 0.717) is 10.7 Å². The SMILES string of the molecule is O=C(/C=C/c1ccccc1Cl)c1ccc[nH]1. The summed E-state index contributed by atoms with van der Waals surface area (Å²) in [6.07, 6.45) is 4.94. The van der Waals surface area contributed by atoms with Gasteiger partial charge >= 0.3 is 0 Å². The van der Waals surface area contributed by atoms with Crippen molar-refractivity contribution in [1.82, 2.24) is 4.98 Å². The van der Waals surface area contributed by atoms with Crippen LogP contribution in [0.25, 0.3) is 6.08 Å². The Hall–Kier alpha value is -1.80. The van der Waals surface area contributed by atoms with Crippen LogP contribution in [0.4, 0.5) is 0 Å². The fourth-order valence-electron chi connectivity index (χ4n) is 1.35. The molecule has 80 valence electrons. The monoisotopic (exact) mass is 231 g/mol. The van der Waals surface area contributed by atoms with Gasteiger partial charge in [-0.3, -0.25) is 4.79 Å². The van der Waals surface area contributed by atoms with Gasteiger partial charge in [0.1, 0.15) is 0 Å². The molecule has 0 spiro atoms. The summed E-state index contributed by atoms with van der Waals surface area (Å²) in [5.74, 6) is -0.0649. The maximum atomic E-state index is 11.6. The molecule has 1 N–H and O–H groups in total. The highest BCUT2D eigenvalue weighted by atomic mass is 35.5. The zero-order valence-corrected chi connectivity index (χ0v) is 9.24. The highest BCUT2D eigenvalue weighted by Gasteiger charge is 2.01. The topological polar surface area (TPSA) is 32.9 Å². The molecule has 1 aromatic heterocycles. The molecule has 2 rings (SSSR count). The first-order valence-corrected chi connectivity index (χ1v) is 5.25. The summed E-state index contributed by atoms with van der Waals surface area (Å²) in [5, 5.41) is 0.637. The average Bonchev–Trinajstić information content (AvgIpc) is 2.81. The second-order valence-electron chi connectivity index (χ2n) is 3.30. The largest absolute Gasteiger partial charge is 0.359 e. The zero-order chi connectivity index (χ0) is 11.4. The van der Waals surface area contributed by atoms with E-state index in [9.17, 15) is 4.79 Å². The average molecular weight is 232 g/mol. The summed E-state index contributed by atoms with van der Waals surface area (Å²) >= 11 is 5.96. The minimum atomic E-state index is -0.0649. The smallest absolute Gasteiger partial charge is 0.201 e. The number of H-pyrrole nitrogens is 1. The van der Waals surface area contributed by atoms with Crippen LogP contribution >= 0.6 is 11.6 Å².